The Morgan fingerprint density at radius 2 is 2.12 bits per heavy atom. The topological polar surface area (TPSA) is 40.5 Å². The maximum absolute atomic E-state index is 11.1. The van der Waals surface area contributed by atoms with Gasteiger partial charge in [0.05, 0.1) is 0 Å². The molecule has 0 saturated heterocycles. The van der Waals surface area contributed by atoms with Crippen LogP contribution in [0.3, 0.4) is 0 Å². The molecule has 0 heterocycles. The molecule has 0 spiro atoms. The normalized spacial score (nSPS) is 10.6. The summed E-state index contributed by atoms with van der Waals surface area (Å²) in [5.41, 5.74) is 1.97. The molecule has 0 aliphatic rings. The quantitative estimate of drug-likeness (QED) is 0.843. The fourth-order valence-electron chi connectivity index (χ4n) is 1.88. The van der Waals surface area contributed by atoms with Gasteiger partial charge in [-0.05, 0) is 36.5 Å². The van der Waals surface area contributed by atoms with Gasteiger partial charge in [-0.1, -0.05) is 32.9 Å². The maximum atomic E-state index is 11.1. The number of hydrogen-bond donors (Lipinski definition) is 1. The van der Waals surface area contributed by atoms with Crippen LogP contribution in [0.1, 0.15) is 32.8 Å². The lowest BCUT2D eigenvalue weighted by atomic mass is 10.0. The first-order valence-corrected chi connectivity index (χ1v) is 6.14. The second kappa shape index (κ2) is 6.28. The number of amides is 1. The van der Waals surface area contributed by atoms with Crippen LogP contribution in [0.2, 0.25) is 0 Å². The van der Waals surface area contributed by atoms with Crippen molar-refractivity contribution in [3.8, 4) is 0 Å². The van der Waals surface area contributed by atoms with Crippen molar-refractivity contribution in [3.63, 3.8) is 0 Å². The van der Waals surface area contributed by atoms with E-state index < -0.39 is 6.09 Å². The van der Waals surface area contributed by atoms with Gasteiger partial charge in [-0.15, -0.1) is 0 Å². The van der Waals surface area contributed by atoms with Crippen LogP contribution in [0.15, 0.2) is 24.3 Å². The Morgan fingerprint density at radius 3 is 2.65 bits per heavy atom. The zero-order chi connectivity index (χ0) is 12.8. The highest BCUT2D eigenvalue weighted by molar-refractivity contribution is 5.86. The minimum Gasteiger partial charge on any atom is -0.465 e. The van der Waals surface area contributed by atoms with E-state index in [0.29, 0.717) is 12.5 Å². The average molecular weight is 235 g/mol. The van der Waals surface area contributed by atoms with Crippen LogP contribution in [0.5, 0.6) is 0 Å². The van der Waals surface area contributed by atoms with Crippen LogP contribution >= 0.6 is 0 Å². The van der Waals surface area contributed by atoms with Gasteiger partial charge in [-0.2, -0.15) is 0 Å². The zero-order valence-electron chi connectivity index (χ0n) is 10.8. The third-order valence-electron chi connectivity index (χ3n) is 2.54. The van der Waals surface area contributed by atoms with Crippen molar-refractivity contribution in [2.24, 2.45) is 5.92 Å². The standard InChI is InChI=1S/C14H21NO2/c1-4-8-15(14(16)17)13-7-5-6-12(10-13)9-11(2)3/h5-7,10-11H,4,8-9H2,1-3H3,(H,16,17). The monoisotopic (exact) mass is 235 g/mol. The highest BCUT2D eigenvalue weighted by atomic mass is 16.4. The molecule has 1 amide bonds. The van der Waals surface area contributed by atoms with Gasteiger partial charge in [0, 0.05) is 12.2 Å². The molecule has 1 aromatic carbocycles. The highest BCUT2D eigenvalue weighted by Crippen LogP contribution is 2.19. The van der Waals surface area contributed by atoms with Crippen molar-refractivity contribution in [2.75, 3.05) is 11.4 Å². The van der Waals surface area contributed by atoms with Crippen LogP contribution in [0.4, 0.5) is 10.5 Å². The first kappa shape index (κ1) is 13.6. The fraction of sp³-hybridized carbons (Fsp3) is 0.500. The lowest BCUT2D eigenvalue weighted by Crippen LogP contribution is -2.29. The summed E-state index contributed by atoms with van der Waals surface area (Å²) in [6, 6.07) is 7.81. The van der Waals surface area contributed by atoms with Gasteiger partial charge < -0.3 is 5.11 Å². The molecular weight excluding hydrogens is 214 g/mol. The molecule has 0 unspecified atom stereocenters. The smallest absolute Gasteiger partial charge is 0.411 e. The highest BCUT2D eigenvalue weighted by Gasteiger charge is 2.13. The molecule has 94 valence electrons. The number of rotatable bonds is 5. The van der Waals surface area contributed by atoms with Crippen LogP contribution in [-0.2, 0) is 6.42 Å². The molecule has 0 atom stereocenters. The maximum Gasteiger partial charge on any atom is 0.411 e. The number of hydrogen-bond acceptors (Lipinski definition) is 1. The van der Waals surface area contributed by atoms with Crippen molar-refractivity contribution >= 4 is 11.8 Å². The molecule has 0 bridgehead atoms. The van der Waals surface area contributed by atoms with Crippen molar-refractivity contribution in [3.05, 3.63) is 29.8 Å². The Kier molecular flexibility index (Phi) is 5.01. The zero-order valence-corrected chi connectivity index (χ0v) is 10.8. The van der Waals surface area contributed by atoms with Crippen LogP contribution in [0.25, 0.3) is 0 Å². The van der Waals surface area contributed by atoms with Gasteiger partial charge in [0.2, 0.25) is 0 Å². The molecular formula is C14H21NO2. The van der Waals surface area contributed by atoms with Crippen LogP contribution < -0.4 is 4.90 Å². The summed E-state index contributed by atoms with van der Waals surface area (Å²) in [7, 11) is 0. The van der Waals surface area contributed by atoms with E-state index in [4.69, 9.17) is 5.11 Å². The van der Waals surface area contributed by atoms with Gasteiger partial charge in [0.1, 0.15) is 0 Å². The van der Waals surface area contributed by atoms with Crippen molar-refractivity contribution in [2.45, 2.75) is 33.6 Å². The summed E-state index contributed by atoms with van der Waals surface area (Å²) in [5, 5.41) is 9.16. The van der Waals surface area contributed by atoms with Crippen molar-refractivity contribution < 1.29 is 9.90 Å². The van der Waals surface area contributed by atoms with E-state index in [2.05, 4.69) is 19.9 Å². The predicted molar refractivity (Wildman–Crippen MR) is 70.6 cm³/mol. The molecule has 1 aromatic rings. The number of benzene rings is 1. The SMILES string of the molecule is CCCN(C(=O)O)c1cccc(CC(C)C)c1. The first-order chi connectivity index (χ1) is 8.04. The molecule has 0 aliphatic carbocycles. The summed E-state index contributed by atoms with van der Waals surface area (Å²) >= 11 is 0. The first-order valence-electron chi connectivity index (χ1n) is 6.14. The molecule has 0 saturated carbocycles. The van der Waals surface area contributed by atoms with E-state index in [9.17, 15) is 4.79 Å². The lowest BCUT2D eigenvalue weighted by molar-refractivity contribution is 0.202. The Morgan fingerprint density at radius 1 is 1.41 bits per heavy atom. The lowest BCUT2D eigenvalue weighted by Gasteiger charge is -2.19. The van der Waals surface area contributed by atoms with Gasteiger partial charge in [0.15, 0.2) is 0 Å². The average Bonchev–Trinajstić information content (AvgIpc) is 2.24. The van der Waals surface area contributed by atoms with E-state index in [0.717, 1.165) is 18.5 Å². The summed E-state index contributed by atoms with van der Waals surface area (Å²) < 4.78 is 0. The predicted octanol–water partition coefficient (Wildman–Crippen LogP) is 3.78. The van der Waals surface area contributed by atoms with Crippen molar-refractivity contribution in [1.82, 2.24) is 0 Å². The summed E-state index contributed by atoms with van der Waals surface area (Å²) in [6.45, 7) is 6.84. The van der Waals surface area contributed by atoms with E-state index in [1.807, 2.05) is 25.1 Å². The molecule has 1 rings (SSSR count). The Labute approximate surface area is 103 Å². The van der Waals surface area contributed by atoms with Gasteiger partial charge in [-0.3, -0.25) is 4.90 Å². The minimum atomic E-state index is -0.881. The molecule has 3 heteroatoms. The van der Waals surface area contributed by atoms with Crippen LogP contribution in [-0.4, -0.2) is 17.7 Å². The third-order valence-corrected chi connectivity index (χ3v) is 2.54. The number of nitrogens with zero attached hydrogens (tertiary/aromatic N) is 1. The van der Waals surface area contributed by atoms with Crippen LogP contribution in [0, 0.1) is 5.92 Å². The fourth-order valence-corrected chi connectivity index (χ4v) is 1.88. The second-order valence-electron chi connectivity index (χ2n) is 4.70. The second-order valence-corrected chi connectivity index (χ2v) is 4.70. The Hall–Kier alpha value is -1.51. The number of anilines is 1. The Bertz CT molecular complexity index is 374. The molecule has 0 fully saturated rings. The summed E-state index contributed by atoms with van der Waals surface area (Å²) in [5.74, 6) is 0.578. The molecule has 1 N–H and O–H groups in total. The molecule has 0 aromatic heterocycles. The summed E-state index contributed by atoms with van der Waals surface area (Å²) in [4.78, 5) is 12.6. The minimum absolute atomic E-state index is 0.542. The van der Waals surface area contributed by atoms with E-state index in [1.54, 1.807) is 0 Å². The molecule has 3 nitrogen and oxygen atoms in total. The Balaban J connectivity index is 2.91. The number of carboxylic acid groups (broad SMARTS) is 1. The molecule has 0 aliphatic heterocycles. The largest absolute Gasteiger partial charge is 0.465 e. The van der Waals surface area contributed by atoms with E-state index in [1.165, 1.54) is 10.5 Å². The van der Waals surface area contributed by atoms with Gasteiger partial charge in [-0.25, -0.2) is 4.79 Å². The van der Waals surface area contributed by atoms with E-state index >= 15 is 0 Å². The van der Waals surface area contributed by atoms with Gasteiger partial charge in [0.25, 0.3) is 0 Å². The van der Waals surface area contributed by atoms with Crippen molar-refractivity contribution in [1.29, 1.82) is 0 Å². The van der Waals surface area contributed by atoms with Gasteiger partial charge >= 0.3 is 6.09 Å². The number of carbonyl (C=O) groups is 1. The summed E-state index contributed by atoms with van der Waals surface area (Å²) in [6.07, 6.45) is 0.919. The molecule has 17 heavy (non-hydrogen) atoms. The van der Waals surface area contributed by atoms with E-state index in [-0.39, 0.29) is 0 Å². The third kappa shape index (κ3) is 4.10. The molecule has 0 radical (unpaired) electrons.